The number of nitrogens with zero attached hydrogens (tertiary/aromatic N) is 2. The second-order valence-electron chi connectivity index (χ2n) is 5.25. The molecule has 1 N–H and O–H groups in total. The highest BCUT2D eigenvalue weighted by atomic mass is 16.5. The number of carbonyl (C=O) groups is 4. The summed E-state index contributed by atoms with van der Waals surface area (Å²) in [5.41, 5.74) is 0.401. The van der Waals surface area contributed by atoms with Crippen molar-refractivity contribution in [3.8, 4) is 11.5 Å². The van der Waals surface area contributed by atoms with E-state index in [1.54, 1.807) is 25.1 Å². The highest BCUT2D eigenvalue weighted by Gasteiger charge is 2.44. The monoisotopic (exact) mass is 349 g/mol. The van der Waals surface area contributed by atoms with E-state index < -0.39 is 30.3 Å². The molecule has 1 aliphatic rings. The van der Waals surface area contributed by atoms with E-state index in [0.29, 0.717) is 28.5 Å². The molecule has 9 nitrogen and oxygen atoms in total. The predicted molar refractivity (Wildman–Crippen MR) is 87.3 cm³/mol. The molecule has 1 aromatic rings. The van der Waals surface area contributed by atoms with Gasteiger partial charge in [-0.3, -0.25) is 19.3 Å². The van der Waals surface area contributed by atoms with Crippen molar-refractivity contribution in [3.05, 3.63) is 18.2 Å². The molecular weight excluding hydrogens is 330 g/mol. The SMILES string of the molecule is CCCN1C(=O)C(=O)N(CC(=O)Nc2ccc(OC)c(OC)c2)C1=O. The molecule has 0 saturated carbocycles. The lowest BCUT2D eigenvalue weighted by molar-refractivity contribution is -0.143. The van der Waals surface area contributed by atoms with E-state index in [4.69, 9.17) is 9.47 Å². The van der Waals surface area contributed by atoms with Crippen LogP contribution in [0.5, 0.6) is 11.5 Å². The number of urea groups is 1. The Labute approximate surface area is 144 Å². The Morgan fingerprint density at radius 3 is 2.28 bits per heavy atom. The Morgan fingerprint density at radius 2 is 1.68 bits per heavy atom. The molecule has 1 heterocycles. The zero-order chi connectivity index (χ0) is 18.6. The number of carbonyl (C=O) groups excluding carboxylic acids is 4. The molecule has 1 aliphatic heterocycles. The van der Waals surface area contributed by atoms with Gasteiger partial charge in [-0.05, 0) is 18.6 Å². The number of nitrogens with one attached hydrogen (secondary N) is 1. The van der Waals surface area contributed by atoms with Gasteiger partial charge in [0.15, 0.2) is 11.5 Å². The zero-order valence-corrected chi connectivity index (χ0v) is 14.2. The molecule has 134 valence electrons. The molecule has 0 aromatic heterocycles. The lowest BCUT2D eigenvalue weighted by Gasteiger charge is -2.15. The van der Waals surface area contributed by atoms with Crippen LogP contribution in [0.25, 0.3) is 0 Å². The molecule has 1 fully saturated rings. The first-order valence-electron chi connectivity index (χ1n) is 7.62. The van der Waals surface area contributed by atoms with Gasteiger partial charge >= 0.3 is 17.8 Å². The van der Waals surface area contributed by atoms with Gasteiger partial charge in [-0.25, -0.2) is 9.69 Å². The molecule has 0 atom stereocenters. The predicted octanol–water partition coefficient (Wildman–Crippen LogP) is 0.843. The molecule has 0 spiro atoms. The molecule has 0 aliphatic carbocycles. The number of anilines is 1. The first-order chi connectivity index (χ1) is 11.9. The van der Waals surface area contributed by atoms with Crippen LogP contribution in [-0.4, -0.2) is 60.9 Å². The Balaban J connectivity index is 2.06. The molecule has 1 saturated heterocycles. The lowest BCUT2D eigenvalue weighted by atomic mass is 10.2. The molecule has 0 radical (unpaired) electrons. The average Bonchev–Trinajstić information content (AvgIpc) is 2.80. The molecule has 1 aromatic carbocycles. The van der Waals surface area contributed by atoms with Gasteiger partial charge in [0.05, 0.1) is 14.2 Å². The zero-order valence-electron chi connectivity index (χ0n) is 14.2. The number of amides is 5. The molecule has 5 amide bonds. The Hall–Kier alpha value is -3.10. The smallest absolute Gasteiger partial charge is 0.334 e. The van der Waals surface area contributed by atoms with Gasteiger partial charge in [0, 0.05) is 18.3 Å². The summed E-state index contributed by atoms with van der Waals surface area (Å²) in [6.45, 7) is 1.37. The van der Waals surface area contributed by atoms with Gasteiger partial charge < -0.3 is 14.8 Å². The van der Waals surface area contributed by atoms with Crippen LogP contribution < -0.4 is 14.8 Å². The Kier molecular flexibility index (Phi) is 5.58. The fraction of sp³-hybridized carbons (Fsp3) is 0.375. The van der Waals surface area contributed by atoms with Crippen LogP contribution in [0.3, 0.4) is 0 Å². The minimum absolute atomic E-state index is 0.136. The normalized spacial score (nSPS) is 14.1. The summed E-state index contributed by atoms with van der Waals surface area (Å²) < 4.78 is 10.2. The third-order valence-electron chi connectivity index (χ3n) is 3.55. The number of methoxy groups -OCH3 is 2. The van der Waals surface area contributed by atoms with Crippen molar-refractivity contribution >= 4 is 29.4 Å². The van der Waals surface area contributed by atoms with Crippen LogP contribution in [0.4, 0.5) is 10.5 Å². The third kappa shape index (κ3) is 3.70. The number of benzene rings is 1. The number of hydrogen-bond donors (Lipinski definition) is 1. The van der Waals surface area contributed by atoms with Gasteiger partial charge in [0.2, 0.25) is 5.91 Å². The minimum atomic E-state index is -0.999. The van der Waals surface area contributed by atoms with E-state index in [-0.39, 0.29) is 6.54 Å². The van der Waals surface area contributed by atoms with Crippen molar-refractivity contribution in [2.45, 2.75) is 13.3 Å². The summed E-state index contributed by atoms with van der Waals surface area (Å²) in [5.74, 6) is -1.61. The summed E-state index contributed by atoms with van der Waals surface area (Å²) in [5, 5.41) is 2.55. The number of hydrogen-bond acceptors (Lipinski definition) is 6. The van der Waals surface area contributed by atoms with Gasteiger partial charge in [-0.15, -0.1) is 0 Å². The van der Waals surface area contributed by atoms with Crippen LogP contribution in [0, 0.1) is 0 Å². The standard InChI is InChI=1S/C16H19N3O6/c1-4-7-18-14(21)15(22)19(16(18)23)9-13(20)17-10-5-6-11(24-2)12(8-10)25-3/h5-6,8H,4,7,9H2,1-3H3,(H,17,20). The van der Waals surface area contributed by atoms with E-state index in [0.717, 1.165) is 4.90 Å². The number of ether oxygens (including phenoxy) is 2. The number of imide groups is 2. The summed E-state index contributed by atoms with van der Waals surface area (Å²) in [7, 11) is 2.94. The quantitative estimate of drug-likeness (QED) is 0.578. The topological polar surface area (TPSA) is 105 Å². The van der Waals surface area contributed by atoms with E-state index in [1.165, 1.54) is 14.2 Å². The first-order valence-corrected chi connectivity index (χ1v) is 7.62. The van der Waals surface area contributed by atoms with Gasteiger partial charge in [-0.1, -0.05) is 6.92 Å². The van der Waals surface area contributed by atoms with Crippen LogP contribution in [0.15, 0.2) is 18.2 Å². The maximum Gasteiger partial charge on any atom is 0.334 e. The largest absolute Gasteiger partial charge is 0.493 e. The fourth-order valence-corrected chi connectivity index (χ4v) is 2.37. The van der Waals surface area contributed by atoms with E-state index >= 15 is 0 Å². The van der Waals surface area contributed by atoms with Crippen molar-refractivity contribution < 1.29 is 28.7 Å². The van der Waals surface area contributed by atoms with Crippen molar-refractivity contribution in [1.29, 1.82) is 0 Å². The van der Waals surface area contributed by atoms with Crippen molar-refractivity contribution in [2.75, 3.05) is 32.6 Å². The van der Waals surface area contributed by atoms with E-state index in [9.17, 15) is 19.2 Å². The third-order valence-corrected chi connectivity index (χ3v) is 3.55. The molecular formula is C16H19N3O6. The summed E-state index contributed by atoms with van der Waals surface area (Å²) in [6.07, 6.45) is 0.524. The Morgan fingerprint density at radius 1 is 1.04 bits per heavy atom. The second-order valence-corrected chi connectivity index (χ2v) is 5.25. The Bertz CT molecular complexity index is 718. The van der Waals surface area contributed by atoms with Crippen LogP contribution in [0.2, 0.25) is 0 Å². The molecule has 9 heteroatoms. The molecule has 0 unspecified atom stereocenters. The van der Waals surface area contributed by atoms with Crippen LogP contribution >= 0.6 is 0 Å². The summed E-state index contributed by atoms with van der Waals surface area (Å²) >= 11 is 0. The average molecular weight is 349 g/mol. The van der Waals surface area contributed by atoms with Gasteiger partial charge in [0.1, 0.15) is 6.54 Å². The maximum atomic E-state index is 12.1. The molecule has 0 bridgehead atoms. The van der Waals surface area contributed by atoms with E-state index in [2.05, 4.69) is 5.32 Å². The van der Waals surface area contributed by atoms with Crippen molar-refractivity contribution in [2.24, 2.45) is 0 Å². The fourth-order valence-electron chi connectivity index (χ4n) is 2.37. The summed E-state index contributed by atoms with van der Waals surface area (Å²) in [6, 6.07) is 3.95. The lowest BCUT2D eigenvalue weighted by Crippen LogP contribution is -2.39. The van der Waals surface area contributed by atoms with E-state index in [1.807, 2.05) is 0 Å². The first kappa shape index (κ1) is 18.2. The van der Waals surface area contributed by atoms with Crippen LogP contribution in [-0.2, 0) is 14.4 Å². The minimum Gasteiger partial charge on any atom is -0.493 e. The van der Waals surface area contributed by atoms with Crippen molar-refractivity contribution in [1.82, 2.24) is 9.80 Å². The van der Waals surface area contributed by atoms with Gasteiger partial charge in [-0.2, -0.15) is 0 Å². The highest BCUT2D eigenvalue weighted by molar-refractivity contribution is 6.45. The van der Waals surface area contributed by atoms with Crippen LogP contribution in [0.1, 0.15) is 13.3 Å². The molecule has 25 heavy (non-hydrogen) atoms. The van der Waals surface area contributed by atoms with Gasteiger partial charge in [0.25, 0.3) is 0 Å². The molecule has 2 rings (SSSR count). The maximum absolute atomic E-state index is 12.1. The highest BCUT2D eigenvalue weighted by Crippen LogP contribution is 2.29. The number of rotatable bonds is 7. The summed E-state index contributed by atoms with van der Waals surface area (Å²) in [4.78, 5) is 49.3. The second kappa shape index (κ2) is 7.65. The van der Waals surface area contributed by atoms with Crippen molar-refractivity contribution in [3.63, 3.8) is 0 Å².